The van der Waals surface area contributed by atoms with E-state index >= 15 is 0 Å². The van der Waals surface area contributed by atoms with Crippen molar-refractivity contribution in [2.24, 2.45) is 5.73 Å². The maximum atomic E-state index is 11.7. The SMILES string of the molecule is NCc1cn(CCCOCC(F)(F)F)nn1. The van der Waals surface area contributed by atoms with Crippen LogP contribution in [0.4, 0.5) is 13.2 Å². The van der Waals surface area contributed by atoms with Crippen molar-refractivity contribution in [3.8, 4) is 0 Å². The minimum Gasteiger partial charge on any atom is -0.372 e. The number of aryl methyl sites for hydroxylation is 1. The van der Waals surface area contributed by atoms with Crippen LogP contribution in [0.15, 0.2) is 6.20 Å². The third kappa shape index (κ3) is 5.08. The molecule has 0 bridgehead atoms. The fourth-order valence-electron chi connectivity index (χ4n) is 1.06. The lowest BCUT2D eigenvalue weighted by Crippen LogP contribution is -2.17. The fourth-order valence-corrected chi connectivity index (χ4v) is 1.06. The Balaban J connectivity index is 2.11. The van der Waals surface area contributed by atoms with Crippen LogP contribution in [0.1, 0.15) is 12.1 Å². The summed E-state index contributed by atoms with van der Waals surface area (Å²) in [4.78, 5) is 0. The highest BCUT2D eigenvalue weighted by Gasteiger charge is 2.27. The molecule has 0 atom stereocenters. The van der Waals surface area contributed by atoms with Crippen LogP contribution in [0, 0.1) is 0 Å². The summed E-state index contributed by atoms with van der Waals surface area (Å²) in [6.45, 7) is -0.412. The van der Waals surface area contributed by atoms with Gasteiger partial charge in [0.05, 0.1) is 5.69 Å². The number of halogens is 3. The third-order valence-corrected chi connectivity index (χ3v) is 1.74. The van der Waals surface area contributed by atoms with Gasteiger partial charge < -0.3 is 10.5 Å². The van der Waals surface area contributed by atoms with E-state index in [4.69, 9.17) is 5.73 Å². The van der Waals surface area contributed by atoms with Gasteiger partial charge >= 0.3 is 6.18 Å². The molecule has 2 N–H and O–H groups in total. The molecule has 0 unspecified atom stereocenters. The van der Waals surface area contributed by atoms with Crippen LogP contribution in [0.5, 0.6) is 0 Å². The Hall–Kier alpha value is -1.15. The molecule has 0 saturated carbocycles. The van der Waals surface area contributed by atoms with E-state index in [0.717, 1.165) is 0 Å². The molecule has 5 nitrogen and oxygen atoms in total. The zero-order valence-electron chi connectivity index (χ0n) is 8.57. The van der Waals surface area contributed by atoms with E-state index in [1.165, 1.54) is 4.68 Å². The van der Waals surface area contributed by atoms with Crippen LogP contribution >= 0.6 is 0 Å². The van der Waals surface area contributed by atoms with E-state index in [0.29, 0.717) is 25.2 Å². The number of nitrogens with two attached hydrogens (primary N) is 1. The van der Waals surface area contributed by atoms with E-state index in [1.54, 1.807) is 6.20 Å². The second kappa shape index (κ2) is 5.80. The summed E-state index contributed by atoms with van der Waals surface area (Å²) in [5.41, 5.74) is 5.97. The normalized spacial score (nSPS) is 12.0. The van der Waals surface area contributed by atoms with Crippen LogP contribution in [0.25, 0.3) is 0 Å². The maximum Gasteiger partial charge on any atom is 0.411 e. The molecular formula is C8H13F3N4O. The Labute approximate surface area is 90.4 Å². The van der Waals surface area contributed by atoms with Crippen molar-refractivity contribution >= 4 is 0 Å². The first kappa shape index (κ1) is 12.9. The fraction of sp³-hybridized carbons (Fsp3) is 0.750. The molecule has 0 spiro atoms. The van der Waals surface area contributed by atoms with Crippen molar-refractivity contribution in [3.63, 3.8) is 0 Å². The number of alkyl halides is 3. The molecule has 8 heteroatoms. The highest BCUT2D eigenvalue weighted by atomic mass is 19.4. The monoisotopic (exact) mass is 238 g/mol. The lowest BCUT2D eigenvalue weighted by Gasteiger charge is -2.06. The molecule has 0 aromatic carbocycles. The van der Waals surface area contributed by atoms with E-state index in [1.807, 2.05) is 0 Å². The standard InChI is InChI=1S/C8H13F3N4O/c9-8(10,11)6-16-3-1-2-15-5-7(4-12)13-14-15/h5H,1-4,6,12H2. The summed E-state index contributed by atoms with van der Waals surface area (Å²) in [7, 11) is 0. The van der Waals surface area contributed by atoms with E-state index in [9.17, 15) is 13.2 Å². The van der Waals surface area contributed by atoms with Gasteiger partial charge in [-0.1, -0.05) is 5.21 Å². The molecule has 0 amide bonds. The van der Waals surface area contributed by atoms with Gasteiger partial charge in [0.2, 0.25) is 0 Å². The minimum absolute atomic E-state index is 0.0390. The first-order valence-corrected chi connectivity index (χ1v) is 4.75. The molecule has 16 heavy (non-hydrogen) atoms. The Morgan fingerprint density at radius 1 is 1.44 bits per heavy atom. The van der Waals surface area contributed by atoms with Crippen molar-refractivity contribution in [1.29, 1.82) is 0 Å². The highest BCUT2D eigenvalue weighted by molar-refractivity contribution is 4.90. The number of hydrogen-bond donors (Lipinski definition) is 1. The molecule has 1 aromatic rings. The molecule has 1 heterocycles. The van der Waals surface area contributed by atoms with Gasteiger partial charge in [-0.15, -0.1) is 5.10 Å². The summed E-state index contributed by atoms with van der Waals surface area (Å²) in [5.74, 6) is 0. The van der Waals surface area contributed by atoms with Crippen LogP contribution in [0.2, 0.25) is 0 Å². The van der Waals surface area contributed by atoms with Gasteiger partial charge in [-0.05, 0) is 6.42 Å². The van der Waals surface area contributed by atoms with Gasteiger partial charge in [0.25, 0.3) is 0 Å². The number of aromatic nitrogens is 3. The molecule has 0 saturated heterocycles. The number of rotatable bonds is 6. The second-order valence-corrected chi connectivity index (χ2v) is 3.20. The minimum atomic E-state index is -4.26. The number of hydrogen-bond acceptors (Lipinski definition) is 4. The van der Waals surface area contributed by atoms with Crippen LogP contribution in [-0.4, -0.2) is 34.4 Å². The van der Waals surface area contributed by atoms with E-state index in [2.05, 4.69) is 15.0 Å². The lowest BCUT2D eigenvalue weighted by atomic mass is 10.4. The number of nitrogens with zero attached hydrogens (tertiary/aromatic N) is 3. The van der Waals surface area contributed by atoms with Gasteiger partial charge in [-0.2, -0.15) is 13.2 Å². The number of ether oxygens (including phenoxy) is 1. The molecule has 1 aromatic heterocycles. The first-order chi connectivity index (χ1) is 7.51. The Kier molecular flexibility index (Phi) is 4.69. The Morgan fingerprint density at radius 3 is 2.75 bits per heavy atom. The second-order valence-electron chi connectivity index (χ2n) is 3.20. The molecule has 92 valence electrons. The van der Waals surface area contributed by atoms with Crippen molar-refractivity contribution in [2.45, 2.75) is 25.7 Å². The van der Waals surface area contributed by atoms with Gasteiger partial charge in [-0.3, -0.25) is 4.68 Å². The molecule has 1 rings (SSSR count). The van der Waals surface area contributed by atoms with Crippen molar-refractivity contribution in [2.75, 3.05) is 13.2 Å². The molecule has 0 aliphatic carbocycles. The predicted octanol–water partition coefficient (Wildman–Crippen LogP) is 0.706. The Morgan fingerprint density at radius 2 is 2.19 bits per heavy atom. The summed E-state index contributed by atoms with van der Waals surface area (Å²) in [5, 5.41) is 7.48. The summed E-state index contributed by atoms with van der Waals surface area (Å²) >= 11 is 0. The maximum absolute atomic E-state index is 11.7. The smallest absolute Gasteiger partial charge is 0.372 e. The van der Waals surface area contributed by atoms with Crippen LogP contribution < -0.4 is 5.73 Å². The summed E-state index contributed by atoms with van der Waals surface area (Å²) in [6, 6.07) is 0. The summed E-state index contributed by atoms with van der Waals surface area (Å²) in [6.07, 6.45) is -2.16. The zero-order valence-corrected chi connectivity index (χ0v) is 8.57. The first-order valence-electron chi connectivity index (χ1n) is 4.75. The molecular weight excluding hydrogens is 225 g/mol. The van der Waals surface area contributed by atoms with Gasteiger partial charge in [-0.25, -0.2) is 0 Å². The van der Waals surface area contributed by atoms with Crippen molar-refractivity contribution in [1.82, 2.24) is 15.0 Å². The van der Waals surface area contributed by atoms with E-state index < -0.39 is 12.8 Å². The molecule has 0 aliphatic heterocycles. The van der Waals surface area contributed by atoms with Crippen LogP contribution in [-0.2, 0) is 17.8 Å². The third-order valence-electron chi connectivity index (χ3n) is 1.74. The zero-order chi connectivity index (χ0) is 12.0. The van der Waals surface area contributed by atoms with Crippen molar-refractivity contribution < 1.29 is 17.9 Å². The van der Waals surface area contributed by atoms with Gasteiger partial charge in [0.15, 0.2) is 0 Å². The lowest BCUT2D eigenvalue weighted by molar-refractivity contribution is -0.174. The van der Waals surface area contributed by atoms with Gasteiger partial charge in [0.1, 0.15) is 6.61 Å². The average Bonchev–Trinajstić information content (AvgIpc) is 2.63. The predicted molar refractivity (Wildman–Crippen MR) is 49.4 cm³/mol. The Bertz CT molecular complexity index is 312. The highest BCUT2D eigenvalue weighted by Crippen LogP contribution is 2.14. The quantitative estimate of drug-likeness (QED) is 0.741. The molecule has 0 aliphatic rings. The van der Waals surface area contributed by atoms with Crippen molar-refractivity contribution in [3.05, 3.63) is 11.9 Å². The van der Waals surface area contributed by atoms with Crippen LogP contribution in [0.3, 0.4) is 0 Å². The topological polar surface area (TPSA) is 66.0 Å². The molecule has 0 radical (unpaired) electrons. The molecule has 0 fully saturated rings. The van der Waals surface area contributed by atoms with E-state index in [-0.39, 0.29) is 6.61 Å². The summed E-state index contributed by atoms with van der Waals surface area (Å²) < 4.78 is 41.0. The average molecular weight is 238 g/mol. The van der Waals surface area contributed by atoms with Gasteiger partial charge in [0, 0.05) is 25.9 Å². The largest absolute Gasteiger partial charge is 0.411 e.